The third-order valence-corrected chi connectivity index (χ3v) is 3.57. The first-order valence-electron chi connectivity index (χ1n) is 7.13. The lowest BCUT2D eigenvalue weighted by molar-refractivity contribution is 0.0755. The van der Waals surface area contributed by atoms with Gasteiger partial charge in [0.2, 0.25) is 0 Å². The Bertz CT molecular complexity index is 607. The van der Waals surface area contributed by atoms with Gasteiger partial charge in [-0.1, -0.05) is 24.3 Å². The molecule has 0 spiro atoms. The molecule has 0 amide bonds. The molecule has 0 radical (unpaired) electrons. The van der Waals surface area contributed by atoms with Crippen molar-refractivity contribution in [3.63, 3.8) is 0 Å². The molecule has 2 heterocycles. The van der Waals surface area contributed by atoms with Gasteiger partial charge in [-0.2, -0.15) is 0 Å². The number of benzene rings is 1. The van der Waals surface area contributed by atoms with E-state index in [2.05, 4.69) is 15.3 Å². The van der Waals surface area contributed by atoms with Gasteiger partial charge in [0.15, 0.2) is 0 Å². The van der Waals surface area contributed by atoms with Crippen molar-refractivity contribution in [3.05, 3.63) is 47.4 Å². The van der Waals surface area contributed by atoms with Crippen LogP contribution < -0.4 is 5.32 Å². The minimum absolute atomic E-state index is 0.0532. The highest BCUT2D eigenvalue weighted by atomic mass is 16.5. The lowest BCUT2D eigenvalue weighted by Crippen LogP contribution is -2.35. The second-order valence-electron chi connectivity index (χ2n) is 5.16. The van der Waals surface area contributed by atoms with Crippen molar-refractivity contribution in [2.75, 3.05) is 19.8 Å². The lowest BCUT2D eigenvalue weighted by Gasteiger charge is -2.23. The van der Waals surface area contributed by atoms with Crippen molar-refractivity contribution in [1.29, 1.82) is 0 Å². The molecule has 1 atom stereocenters. The highest BCUT2D eigenvalue weighted by Gasteiger charge is 2.18. The van der Waals surface area contributed by atoms with Gasteiger partial charge in [-0.3, -0.25) is 0 Å². The second kappa shape index (κ2) is 6.30. The van der Waals surface area contributed by atoms with Crippen molar-refractivity contribution in [3.8, 4) is 11.3 Å². The first kappa shape index (κ1) is 14.1. The zero-order valence-electron chi connectivity index (χ0n) is 12.0. The summed E-state index contributed by atoms with van der Waals surface area (Å²) < 4.78 is 5.50. The molecular weight excluding hydrogens is 266 g/mol. The Morgan fingerprint density at radius 2 is 2.10 bits per heavy atom. The number of aryl methyl sites for hydroxylation is 1. The summed E-state index contributed by atoms with van der Waals surface area (Å²) in [7, 11) is 0. The predicted octanol–water partition coefficient (Wildman–Crippen LogP) is 1.61. The zero-order chi connectivity index (χ0) is 14.7. The minimum Gasteiger partial charge on any atom is -0.392 e. The lowest BCUT2D eigenvalue weighted by atomic mass is 10.1. The van der Waals surface area contributed by atoms with E-state index in [1.165, 1.54) is 0 Å². The van der Waals surface area contributed by atoms with Gasteiger partial charge >= 0.3 is 0 Å². The van der Waals surface area contributed by atoms with Crippen LogP contribution in [0.4, 0.5) is 0 Å². The number of morpholine rings is 1. The summed E-state index contributed by atoms with van der Waals surface area (Å²) in [6.45, 7) is 4.18. The van der Waals surface area contributed by atoms with E-state index >= 15 is 0 Å². The number of hydrogen-bond acceptors (Lipinski definition) is 5. The molecule has 1 aliphatic heterocycles. The molecule has 1 aliphatic rings. The molecule has 0 bridgehead atoms. The van der Waals surface area contributed by atoms with Crippen molar-refractivity contribution >= 4 is 0 Å². The summed E-state index contributed by atoms with van der Waals surface area (Å²) in [5, 5.41) is 12.5. The number of hydrogen-bond donors (Lipinski definition) is 2. The summed E-state index contributed by atoms with van der Waals surface area (Å²) in [6.07, 6.45) is 0. The van der Waals surface area contributed by atoms with Crippen molar-refractivity contribution < 1.29 is 9.84 Å². The van der Waals surface area contributed by atoms with Crippen molar-refractivity contribution in [1.82, 2.24) is 15.3 Å². The molecule has 1 aromatic heterocycles. The van der Waals surface area contributed by atoms with Crippen LogP contribution >= 0.6 is 0 Å². The third kappa shape index (κ3) is 3.26. The molecule has 5 nitrogen and oxygen atoms in total. The standard InChI is InChI=1S/C16H19N3O2/c1-11-18-14(13-4-2-12(9-20)3-5-13)8-15(19-11)16-10-21-7-6-17-16/h2-5,8,16-17,20H,6-7,9-10H2,1H3. The molecule has 2 aromatic rings. The maximum atomic E-state index is 9.11. The molecule has 21 heavy (non-hydrogen) atoms. The molecule has 2 N–H and O–H groups in total. The van der Waals surface area contributed by atoms with Gasteiger partial charge in [0.05, 0.1) is 37.3 Å². The average Bonchev–Trinajstić information content (AvgIpc) is 2.55. The van der Waals surface area contributed by atoms with E-state index in [4.69, 9.17) is 9.84 Å². The average molecular weight is 285 g/mol. The van der Waals surface area contributed by atoms with E-state index in [0.29, 0.717) is 6.61 Å². The Balaban J connectivity index is 1.92. The van der Waals surface area contributed by atoms with Crippen LogP contribution in [0.15, 0.2) is 30.3 Å². The van der Waals surface area contributed by atoms with Gasteiger partial charge in [0, 0.05) is 12.1 Å². The fourth-order valence-corrected chi connectivity index (χ4v) is 2.45. The van der Waals surface area contributed by atoms with E-state index in [1.807, 2.05) is 37.3 Å². The number of nitrogens with zero attached hydrogens (tertiary/aromatic N) is 2. The monoisotopic (exact) mass is 285 g/mol. The van der Waals surface area contributed by atoms with Gasteiger partial charge in [0.25, 0.3) is 0 Å². The maximum Gasteiger partial charge on any atom is 0.126 e. The fraction of sp³-hybridized carbons (Fsp3) is 0.375. The number of aliphatic hydroxyl groups is 1. The number of rotatable bonds is 3. The van der Waals surface area contributed by atoms with Crippen molar-refractivity contribution in [2.45, 2.75) is 19.6 Å². The Kier molecular flexibility index (Phi) is 4.24. The second-order valence-corrected chi connectivity index (χ2v) is 5.16. The third-order valence-electron chi connectivity index (χ3n) is 3.57. The summed E-state index contributed by atoms with van der Waals surface area (Å²) >= 11 is 0. The molecule has 1 fully saturated rings. The smallest absolute Gasteiger partial charge is 0.126 e. The number of aromatic nitrogens is 2. The topological polar surface area (TPSA) is 67.3 Å². The molecule has 0 saturated carbocycles. The highest BCUT2D eigenvalue weighted by molar-refractivity contribution is 5.60. The molecule has 0 aliphatic carbocycles. The molecule has 1 aromatic carbocycles. The van der Waals surface area contributed by atoms with E-state index in [-0.39, 0.29) is 12.6 Å². The Morgan fingerprint density at radius 1 is 1.29 bits per heavy atom. The normalized spacial score (nSPS) is 18.7. The van der Waals surface area contributed by atoms with E-state index in [0.717, 1.165) is 41.5 Å². The first-order chi connectivity index (χ1) is 10.3. The number of ether oxygens (including phenoxy) is 1. The molecule has 3 rings (SSSR count). The van der Waals surface area contributed by atoms with E-state index < -0.39 is 0 Å². The van der Waals surface area contributed by atoms with Crippen LogP contribution in [0.3, 0.4) is 0 Å². The fourth-order valence-electron chi connectivity index (χ4n) is 2.45. The largest absolute Gasteiger partial charge is 0.392 e. The molecule has 110 valence electrons. The highest BCUT2D eigenvalue weighted by Crippen LogP contribution is 2.22. The van der Waals surface area contributed by atoms with Crippen LogP contribution in [0, 0.1) is 6.92 Å². The number of nitrogens with one attached hydrogen (secondary N) is 1. The molecule has 5 heteroatoms. The molecular formula is C16H19N3O2. The summed E-state index contributed by atoms with van der Waals surface area (Å²) in [5.74, 6) is 0.751. The number of aliphatic hydroxyl groups excluding tert-OH is 1. The Hall–Kier alpha value is -1.82. The minimum atomic E-state index is 0.0532. The first-order valence-corrected chi connectivity index (χ1v) is 7.13. The molecule has 1 saturated heterocycles. The summed E-state index contributed by atoms with van der Waals surface area (Å²) in [4.78, 5) is 9.04. The van der Waals surface area contributed by atoms with Crippen LogP contribution in [0.2, 0.25) is 0 Å². The Labute approximate surface area is 124 Å². The van der Waals surface area contributed by atoms with Gasteiger partial charge in [-0.05, 0) is 18.6 Å². The van der Waals surface area contributed by atoms with Crippen LogP contribution in [0.5, 0.6) is 0 Å². The van der Waals surface area contributed by atoms with Crippen LogP contribution in [0.25, 0.3) is 11.3 Å². The quantitative estimate of drug-likeness (QED) is 0.896. The Morgan fingerprint density at radius 3 is 2.76 bits per heavy atom. The SMILES string of the molecule is Cc1nc(-c2ccc(CO)cc2)cc(C2COCCN2)n1. The van der Waals surface area contributed by atoms with Gasteiger partial charge in [0.1, 0.15) is 5.82 Å². The zero-order valence-corrected chi connectivity index (χ0v) is 12.0. The van der Waals surface area contributed by atoms with Crippen LogP contribution in [-0.4, -0.2) is 34.8 Å². The summed E-state index contributed by atoms with van der Waals surface area (Å²) in [5.41, 5.74) is 3.78. The van der Waals surface area contributed by atoms with E-state index in [1.54, 1.807) is 0 Å². The molecule has 1 unspecified atom stereocenters. The van der Waals surface area contributed by atoms with Crippen LogP contribution in [0.1, 0.15) is 23.1 Å². The maximum absolute atomic E-state index is 9.11. The summed E-state index contributed by atoms with van der Waals surface area (Å²) in [6, 6.07) is 9.90. The van der Waals surface area contributed by atoms with Crippen molar-refractivity contribution in [2.24, 2.45) is 0 Å². The van der Waals surface area contributed by atoms with Gasteiger partial charge in [-0.15, -0.1) is 0 Å². The predicted molar refractivity (Wildman–Crippen MR) is 79.7 cm³/mol. The van der Waals surface area contributed by atoms with Crippen LogP contribution in [-0.2, 0) is 11.3 Å². The van der Waals surface area contributed by atoms with Gasteiger partial charge < -0.3 is 15.2 Å². The van der Waals surface area contributed by atoms with Gasteiger partial charge in [-0.25, -0.2) is 9.97 Å². The van der Waals surface area contributed by atoms with E-state index in [9.17, 15) is 0 Å².